The molecule has 0 N–H and O–H groups in total. The van der Waals surface area contributed by atoms with E-state index >= 15 is 0 Å². The molecular formula is C19H26O2. The van der Waals surface area contributed by atoms with Crippen molar-refractivity contribution in [1.29, 1.82) is 0 Å². The van der Waals surface area contributed by atoms with E-state index in [4.69, 9.17) is 9.60 Å². The van der Waals surface area contributed by atoms with Crippen LogP contribution < -0.4 is 0 Å². The Morgan fingerprint density at radius 3 is 2.95 bits per heavy atom. The number of allylic oxidation sites excluding steroid dienone is 1. The first-order valence-electron chi connectivity index (χ1n) is 11.9. The van der Waals surface area contributed by atoms with E-state index in [9.17, 15) is 11.0 Å². The summed E-state index contributed by atoms with van der Waals surface area (Å²) in [6.07, 6.45) is -2.63. The zero-order valence-corrected chi connectivity index (χ0v) is 12.3. The van der Waals surface area contributed by atoms with Crippen molar-refractivity contribution in [2.45, 2.75) is 65.0 Å². The number of fused-ring (bicyclic) bond motifs is 5. The second kappa shape index (κ2) is 4.30. The van der Waals surface area contributed by atoms with Crippen LogP contribution in [0.2, 0.25) is 0 Å². The van der Waals surface area contributed by atoms with Gasteiger partial charge in [-0.25, -0.2) is 0 Å². The van der Waals surface area contributed by atoms with E-state index in [-0.39, 0.29) is 24.5 Å². The molecular weight excluding hydrogens is 260 g/mol. The van der Waals surface area contributed by atoms with Crippen LogP contribution in [0.5, 0.6) is 0 Å². The van der Waals surface area contributed by atoms with Gasteiger partial charge < -0.3 is 0 Å². The van der Waals surface area contributed by atoms with Crippen LogP contribution in [-0.4, -0.2) is 11.6 Å². The van der Waals surface area contributed by atoms with E-state index in [1.807, 2.05) is 6.92 Å². The first-order chi connectivity index (χ1) is 13.1. The quantitative estimate of drug-likeness (QED) is 0.674. The Morgan fingerprint density at radius 2 is 2.14 bits per heavy atom. The van der Waals surface area contributed by atoms with Crippen molar-refractivity contribution in [1.82, 2.24) is 0 Å². The van der Waals surface area contributed by atoms with Gasteiger partial charge in [0.25, 0.3) is 0 Å². The summed E-state index contributed by atoms with van der Waals surface area (Å²) in [7, 11) is 0. The molecule has 0 unspecified atom stereocenters. The highest BCUT2D eigenvalue weighted by atomic mass is 16.1. The molecule has 0 aromatic rings. The molecule has 3 fully saturated rings. The zero-order valence-electron chi connectivity index (χ0n) is 20.3. The number of carbonyl (C=O) groups excluding carboxylic acids is 2. The number of hydrogen-bond donors (Lipinski definition) is 0. The molecule has 4 aliphatic rings. The maximum absolute atomic E-state index is 13.2. The van der Waals surface area contributed by atoms with E-state index < -0.39 is 48.0 Å². The summed E-state index contributed by atoms with van der Waals surface area (Å²) in [4.78, 5) is 25.1. The molecule has 0 amide bonds. The number of ketones is 2. The minimum atomic E-state index is -3.04. The minimum absolute atomic E-state index is 0.0480. The molecule has 0 radical (unpaired) electrons. The van der Waals surface area contributed by atoms with Crippen molar-refractivity contribution < 1.29 is 20.6 Å². The van der Waals surface area contributed by atoms with Crippen LogP contribution in [0.3, 0.4) is 0 Å². The fourth-order valence-electron chi connectivity index (χ4n) is 5.07. The summed E-state index contributed by atoms with van der Waals surface area (Å²) in [5, 5.41) is 0. The lowest BCUT2D eigenvalue weighted by Crippen LogP contribution is -2.50. The lowest BCUT2D eigenvalue weighted by Gasteiger charge is -2.56. The van der Waals surface area contributed by atoms with E-state index in [2.05, 4.69) is 0 Å². The van der Waals surface area contributed by atoms with Gasteiger partial charge in [0.05, 0.1) is 0 Å². The summed E-state index contributed by atoms with van der Waals surface area (Å²) >= 11 is 0. The third-order valence-electron chi connectivity index (χ3n) is 6.35. The van der Waals surface area contributed by atoms with Crippen LogP contribution in [0.15, 0.2) is 11.6 Å². The summed E-state index contributed by atoms with van der Waals surface area (Å²) < 4.78 is 67.2. The van der Waals surface area contributed by atoms with Crippen molar-refractivity contribution in [3.05, 3.63) is 11.6 Å². The Labute approximate surface area is 138 Å². The first-order valence-corrected chi connectivity index (χ1v) is 7.88. The molecule has 0 aromatic carbocycles. The zero-order chi connectivity index (χ0) is 21.8. The SMILES string of the molecule is [2H]C1([2H])C(=O)[C@@]2(C([2H])([2H])[2H])CC[C@H]3[C@@H](CCC4=CC(=O)CC[C@@]43C)[C@]2([2H])C1([2H])[2H]. The number of rotatable bonds is 0. The highest BCUT2D eigenvalue weighted by molar-refractivity contribution is 5.91. The van der Waals surface area contributed by atoms with E-state index in [1.165, 1.54) is 0 Å². The van der Waals surface area contributed by atoms with Gasteiger partial charge in [0, 0.05) is 29.2 Å². The van der Waals surface area contributed by atoms with Gasteiger partial charge in [0.1, 0.15) is 5.78 Å². The lowest BCUT2D eigenvalue weighted by molar-refractivity contribution is -0.132. The topological polar surface area (TPSA) is 34.1 Å². The van der Waals surface area contributed by atoms with Crippen molar-refractivity contribution in [2.24, 2.45) is 28.6 Å². The Morgan fingerprint density at radius 1 is 1.29 bits per heavy atom. The largest absolute Gasteiger partial charge is 0.299 e. The van der Waals surface area contributed by atoms with E-state index in [1.54, 1.807) is 6.08 Å². The predicted molar refractivity (Wildman–Crippen MR) is 81.7 cm³/mol. The molecule has 4 rings (SSSR count). The molecule has 0 bridgehead atoms. The van der Waals surface area contributed by atoms with Gasteiger partial charge in [-0.3, -0.25) is 9.59 Å². The van der Waals surface area contributed by atoms with Crippen LogP contribution in [0.1, 0.15) is 76.0 Å². The summed E-state index contributed by atoms with van der Waals surface area (Å²) in [5.74, 6) is -4.67. The number of carbonyl (C=O) groups is 2. The maximum atomic E-state index is 13.2. The van der Waals surface area contributed by atoms with Gasteiger partial charge >= 0.3 is 0 Å². The molecule has 0 aromatic heterocycles. The van der Waals surface area contributed by atoms with Gasteiger partial charge in [-0.1, -0.05) is 19.3 Å². The minimum Gasteiger partial charge on any atom is -0.299 e. The van der Waals surface area contributed by atoms with Gasteiger partial charge in [-0.2, -0.15) is 0 Å². The monoisotopic (exact) mass is 294 g/mol. The highest BCUT2D eigenvalue weighted by Crippen LogP contribution is 2.64. The average Bonchev–Trinajstić information content (AvgIpc) is 2.69. The maximum Gasteiger partial charge on any atom is 0.155 e. The molecule has 5 atom stereocenters. The number of hydrogen-bond acceptors (Lipinski definition) is 2. The molecule has 0 heterocycles. The molecule has 114 valence electrons. The van der Waals surface area contributed by atoms with Crippen molar-refractivity contribution >= 4 is 11.6 Å². The molecule has 2 heteroatoms. The van der Waals surface area contributed by atoms with Gasteiger partial charge in [0.2, 0.25) is 0 Å². The Balaban J connectivity index is 1.94. The van der Waals surface area contributed by atoms with Gasteiger partial charge in [-0.05, 0) is 67.7 Å². The second-order valence-electron chi connectivity index (χ2n) is 7.24. The van der Waals surface area contributed by atoms with Crippen LogP contribution in [0, 0.1) is 28.6 Å². The first kappa shape index (κ1) is 7.57. The summed E-state index contributed by atoms with van der Waals surface area (Å²) in [6, 6.07) is 0. The van der Waals surface area contributed by atoms with Crippen molar-refractivity contribution in [3.63, 3.8) is 0 Å². The third kappa shape index (κ3) is 1.71. The van der Waals surface area contributed by atoms with Crippen LogP contribution in [0.25, 0.3) is 0 Å². The molecule has 21 heavy (non-hydrogen) atoms. The van der Waals surface area contributed by atoms with E-state index in [0.29, 0.717) is 25.7 Å². The van der Waals surface area contributed by atoms with Crippen molar-refractivity contribution in [2.75, 3.05) is 0 Å². The standard InChI is InChI=1S/C19H26O2/c1-18-9-7-13(20)11-12(18)3-4-14-15-5-6-17(21)19(15,2)10-8-16(14)18/h11,14-16H,3-10H2,1-2H3/t14-,15-,16-,18-,19-/m0/s1/i2D3,5D2,6D2,15D. The highest BCUT2D eigenvalue weighted by Gasteiger charge is 2.58. The van der Waals surface area contributed by atoms with Gasteiger partial charge in [-0.15, -0.1) is 0 Å². The van der Waals surface area contributed by atoms with Gasteiger partial charge in [0.15, 0.2) is 5.78 Å². The molecule has 0 saturated heterocycles. The Kier molecular flexibility index (Phi) is 1.55. The summed E-state index contributed by atoms with van der Waals surface area (Å²) in [6.45, 7) is -0.984. The normalized spacial score (nSPS) is 63.8. The molecule has 0 aliphatic heterocycles. The third-order valence-corrected chi connectivity index (χ3v) is 6.35. The Hall–Kier alpha value is -0.920. The lowest BCUT2D eigenvalue weighted by atomic mass is 9.47. The smallest absolute Gasteiger partial charge is 0.155 e. The second-order valence-corrected chi connectivity index (χ2v) is 7.24. The average molecular weight is 294 g/mol. The molecule has 2 nitrogen and oxygen atoms in total. The molecule has 3 saturated carbocycles. The van der Waals surface area contributed by atoms with E-state index in [0.717, 1.165) is 5.57 Å². The predicted octanol–water partition coefficient (Wildman–Crippen LogP) is 4.09. The van der Waals surface area contributed by atoms with Crippen LogP contribution >= 0.6 is 0 Å². The van der Waals surface area contributed by atoms with Crippen LogP contribution in [-0.2, 0) is 9.59 Å². The fourth-order valence-corrected chi connectivity index (χ4v) is 5.07. The molecule has 0 spiro atoms. The van der Waals surface area contributed by atoms with Crippen LogP contribution in [0.4, 0.5) is 0 Å². The number of Topliss-reactive ketones (excluding diaryl/α,β-unsaturated/α-hetero) is 1. The van der Waals surface area contributed by atoms with Crippen molar-refractivity contribution in [3.8, 4) is 0 Å². The Bertz CT molecular complexity index is 831. The molecule has 4 aliphatic carbocycles. The summed E-state index contributed by atoms with van der Waals surface area (Å²) in [5.41, 5.74) is -1.86. The fraction of sp³-hybridized carbons (Fsp3) is 0.789.